The molecule has 0 spiro atoms. The lowest BCUT2D eigenvalue weighted by Crippen LogP contribution is -2.30. The second-order valence-corrected chi connectivity index (χ2v) is 29.0. The molecule has 580 valence electrons. The SMILES string of the molecule is CC/C=C\C/C=C\C/C=C\C/C=C\C/C=C\C/C=C\CCCCCCCCCCCCCCCCCCC(=O)OCC(O)COP(=O)(O)OCC(O)COP(=O)(O)OCC(COC(=O)CCCCCCCC/C=C\C/C=C\C/C=C\C/C=C\CC)OC(=O)CCCCCCC/C=C\CCCC. The minimum absolute atomic E-state index is 0.0893. The van der Waals surface area contributed by atoms with Crippen LogP contribution in [0.4, 0.5) is 0 Å². The van der Waals surface area contributed by atoms with Crippen molar-refractivity contribution < 1.29 is 75.8 Å². The standard InChI is InChI=1S/C83H142O16P2/c1-4-7-10-13-16-19-22-24-26-28-30-31-32-33-34-35-36-37-38-39-40-41-42-43-44-45-47-49-50-52-55-57-60-63-66-69-81(86)93-72-78(84)73-95-100(89,90)96-74-79(85)75-97-101(91,92)98-77-80(99-83(88)71-68-65-62-59-54-21-18-15-12-9-6-3)76-94-82(87)70-67-64-61-58-56-53-51-48-46-29-27-25-23-20-17-14-11-8-5-2/h7-8,10-11,15-20,24-27,30-31,33-34,36-37,46,48,78-80,84-85H,4-6,9,12-14,21-23,28-29,32,35,38-45,47,49-77H2,1-3H3,(H,89,90)(H,91,92)/b10-7-,11-8-,18-15-,19-16-,20-17-,26-24-,27-25-,31-30-,34-33-,37-36-,48-46-. The topological polar surface area (TPSA) is 231 Å². The van der Waals surface area contributed by atoms with E-state index in [4.69, 9.17) is 32.3 Å². The first-order valence-corrected chi connectivity index (χ1v) is 42.5. The summed E-state index contributed by atoms with van der Waals surface area (Å²) < 4.78 is 61.0. The highest BCUT2D eigenvalue weighted by Crippen LogP contribution is 2.45. The fourth-order valence-electron chi connectivity index (χ4n) is 10.4. The van der Waals surface area contributed by atoms with Crippen LogP contribution < -0.4 is 0 Å². The van der Waals surface area contributed by atoms with Gasteiger partial charge in [0.25, 0.3) is 0 Å². The van der Waals surface area contributed by atoms with Gasteiger partial charge >= 0.3 is 33.6 Å². The molecule has 0 bridgehead atoms. The van der Waals surface area contributed by atoms with E-state index in [0.717, 1.165) is 161 Å². The number of carbonyl (C=O) groups excluding carboxylic acids is 3. The number of phosphoric acid groups is 2. The van der Waals surface area contributed by atoms with Crippen molar-refractivity contribution in [3.63, 3.8) is 0 Å². The van der Waals surface area contributed by atoms with Crippen LogP contribution in [0.15, 0.2) is 134 Å². The van der Waals surface area contributed by atoms with Gasteiger partial charge in [0.1, 0.15) is 25.4 Å². The number of unbranched alkanes of at least 4 members (excludes halogenated alkanes) is 29. The van der Waals surface area contributed by atoms with Crippen molar-refractivity contribution in [1.29, 1.82) is 0 Å². The van der Waals surface area contributed by atoms with Crippen LogP contribution in [0.2, 0.25) is 0 Å². The number of ether oxygens (including phenoxy) is 3. The van der Waals surface area contributed by atoms with Crippen molar-refractivity contribution in [2.45, 2.75) is 334 Å². The van der Waals surface area contributed by atoms with E-state index in [1.165, 1.54) is 96.3 Å². The van der Waals surface area contributed by atoms with E-state index >= 15 is 0 Å². The Balaban J connectivity index is 4.34. The molecule has 16 nitrogen and oxygen atoms in total. The monoisotopic (exact) mass is 1460 g/mol. The molecular weight excluding hydrogens is 1310 g/mol. The number of esters is 3. The fourth-order valence-corrected chi connectivity index (χ4v) is 12.0. The summed E-state index contributed by atoms with van der Waals surface area (Å²) in [5.41, 5.74) is 0. The normalized spacial score (nSPS) is 14.7. The maximum atomic E-state index is 12.9. The van der Waals surface area contributed by atoms with Crippen molar-refractivity contribution in [2.75, 3.05) is 39.6 Å². The van der Waals surface area contributed by atoms with Crippen LogP contribution >= 0.6 is 15.6 Å². The molecule has 0 aromatic heterocycles. The molecule has 0 aliphatic rings. The average molecular weight is 1460 g/mol. The molecule has 5 atom stereocenters. The minimum atomic E-state index is -4.93. The molecule has 0 amide bonds. The predicted molar refractivity (Wildman–Crippen MR) is 417 cm³/mol. The largest absolute Gasteiger partial charge is 0.472 e. The van der Waals surface area contributed by atoms with Crippen LogP contribution in [0.25, 0.3) is 0 Å². The first-order chi connectivity index (χ1) is 49.2. The van der Waals surface area contributed by atoms with Gasteiger partial charge in [0.05, 0.1) is 26.4 Å². The number of allylic oxidation sites excluding steroid dienone is 22. The third kappa shape index (κ3) is 76.6. The molecule has 0 heterocycles. The molecule has 0 fully saturated rings. The van der Waals surface area contributed by atoms with E-state index in [1.54, 1.807) is 0 Å². The second-order valence-electron chi connectivity index (χ2n) is 26.1. The van der Waals surface area contributed by atoms with Crippen LogP contribution in [0.5, 0.6) is 0 Å². The average Bonchev–Trinajstić information content (AvgIpc) is 0.974. The number of phosphoric ester groups is 2. The molecule has 0 aliphatic carbocycles. The van der Waals surface area contributed by atoms with Gasteiger partial charge in [0, 0.05) is 19.3 Å². The Labute approximate surface area is 614 Å². The molecule has 4 N–H and O–H groups in total. The summed E-state index contributed by atoms with van der Waals surface area (Å²) in [6, 6.07) is 0. The molecule has 101 heavy (non-hydrogen) atoms. The third-order valence-corrected chi connectivity index (χ3v) is 18.2. The summed E-state index contributed by atoms with van der Waals surface area (Å²) >= 11 is 0. The van der Waals surface area contributed by atoms with Crippen LogP contribution in [0.3, 0.4) is 0 Å². The number of hydrogen-bond acceptors (Lipinski definition) is 14. The lowest BCUT2D eigenvalue weighted by atomic mass is 10.0. The summed E-state index contributed by atoms with van der Waals surface area (Å²) in [4.78, 5) is 58.5. The van der Waals surface area contributed by atoms with Gasteiger partial charge in [-0.05, 0) is 128 Å². The van der Waals surface area contributed by atoms with Gasteiger partial charge in [-0.15, -0.1) is 0 Å². The van der Waals surface area contributed by atoms with Crippen LogP contribution in [0, 0.1) is 0 Å². The lowest BCUT2D eigenvalue weighted by Gasteiger charge is -2.21. The van der Waals surface area contributed by atoms with E-state index < -0.39 is 91.5 Å². The van der Waals surface area contributed by atoms with Gasteiger partial charge in [0.15, 0.2) is 6.10 Å². The van der Waals surface area contributed by atoms with Gasteiger partial charge in [0.2, 0.25) is 0 Å². The number of carbonyl (C=O) groups is 3. The highest BCUT2D eigenvalue weighted by Gasteiger charge is 2.29. The van der Waals surface area contributed by atoms with Crippen molar-refractivity contribution >= 4 is 33.6 Å². The molecular formula is C83H142O16P2. The van der Waals surface area contributed by atoms with Gasteiger partial charge < -0.3 is 34.2 Å². The van der Waals surface area contributed by atoms with E-state index in [2.05, 4.69) is 154 Å². The maximum Gasteiger partial charge on any atom is 0.472 e. The van der Waals surface area contributed by atoms with E-state index in [-0.39, 0.29) is 19.3 Å². The van der Waals surface area contributed by atoms with Crippen LogP contribution in [-0.2, 0) is 55.8 Å². The lowest BCUT2D eigenvalue weighted by molar-refractivity contribution is -0.161. The first kappa shape index (κ1) is 96.7. The van der Waals surface area contributed by atoms with Crippen molar-refractivity contribution in [3.05, 3.63) is 134 Å². The first-order valence-electron chi connectivity index (χ1n) is 39.5. The second kappa shape index (κ2) is 75.4. The minimum Gasteiger partial charge on any atom is -0.463 e. The summed E-state index contributed by atoms with van der Waals surface area (Å²) in [5, 5.41) is 20.6. The molecule has 18 heteroatoms. The number of hydrogen-bond donors (Lipinski definition) is 4. The molecule has 0 aromatic carbocycles. The number of aliphatic hydroxyl groups is 2. The third-order valence-electron chi connectivity index (χ3n) is 16.3. The summed E-state index contributed by atoms with van der Waals surface area (Å²) in [5.74, 6) is -1.60. The Morgan fingerprint density at radius 3 is 0.842 bits per heavy atom. The van der Waals surface area contributed by atoms with Crippen molar-refractivity contribution in [2.24, 2.45) is 0 Å². The molecule has 0 saturated carbocycles. The van der Waals surface area contributed by atoms with Gasteiger partial charge in [-0.25, -0.2) is 9.13 Å². The smallest absolute Gasteiger partial charge is 0.463 e. The van der Waals surface area contributed by atoms with Gasteiger partial charge in [-0.1, -0.05) is 302 Å². The zero-order chi connectivity index (χ0) is 73.7. The maximum absolute atomic E-state index is 12.9. The Morgan fingerprint density at radius 1 is 0.287 bits per heavy atom. The summed E-state index contributed by atoms with van der Waals surface area (Å²) in [6.45, 7) is 2.39. The Kier molecular flexibility index (Phi) is 72.2. The predicted octanol–water partition coefficient (Wildman–Crippen LogP) is 23.1. The molecule has 0 aromatic rings. The molecule has 0 saturated heterocycles. The quantitative estimate of drug-likeness (QED) is 0.0146. The molecule has 5 unspecified atom stereocenters. The summed E-state index contributed by atoms with van der Waals surface area (Å²) in [6.07, 6.45) is 91.0. The summed E-state index contributed by atoms with van der Waals surface area (Å²) in [7, 11) is -9.79. The molecule has 0 rings (SSSR count). The van der Waals surface area contributed by atoms with Crippen molar-refractivity contribution in [3.8, 4) is 0 Å². The van der Waals surface area contributed by atoms with Crippen LogP contribution in [-0.4, -0.2) is 95.9 Å². The zero-order valence-corrected chi connectivity index (χ0v) is 65.1. The zero-order valence-electron chi connectivity index (χ0n) is 63.3. The highest BCUT2D eigenvalue weighted by atomic mass is 31.2. The Bertz CT molecular complexity index is 2370. The number of aliphatic hydroxyl groups excluding tert-OH is 2. The number of rotatable bonds is 74. The Hall–Kier alpha value is -4.31. The Morgan fingerprint density at radius 2 is 0.525 bits per heavy atom. The highest BCUT2D eigenvalue weighted by molar-refractivity contribution is 7.47. The van der Waals surface area contributed by atoms with E-state index in [1.807, 2.05) is 0 Å². The molecule has 0 aliphatic heterocycles. The van der Waals surface area contributed by atoms with Gasteiger partial charge in [-0.2, -0.15) is 0 Å². The van der Waals surface area contributed by atoms with E-state index in [0.29, 0.717) is 19.3 Å². The van der Waals surface area contributed by atoms with Crippen LogP contribution in [0.1, 0.15) is 316 Å². The van der Waals surface area contributed by atoms with E-state index in [9.17, 15) is 43.5 Å². The fraction of sp³-hybridized carbons (Fsp3) is 0.699. The van der Waals surface area contributed by atoms with Gasteiger partial charge in [-0.3, -0.25) is 32.5 Å². The van der Waals surface area contributed by atoms with Crippen molar-refractivity contribution in [1.82, 2.24) is 0 Å². The molecule has 0 radical (unpaired) electrons.